The number of nitrogens with zero attached hydrogens (tertiary/aromatic N) is 2. The minimum absolute atomic E-state index is 0.181. The average Bonchev–Trinajstić information content (AvgIpc) is 2.82. The van der Waals surface area contributed by atoms with Crippen LogP contribution in [0.1, 0.15) is 10.4 Å². The molecule has 3 aromatic rings. The molecule has 106 valence electrons. The van der Waals surface area contributed by atoms with Gasteiger partial charge in [0.15, 0.2) is 16.8 Å². The van der Waals surface area contributed by atoms with Crippen LogP contribution in [0.15, 0.2) is 30.5 Å². The molecular formula is C13H7ClFN3O2S. The molecule has 0 radical (unpaired) electrons. The van der Waals surface area contributed by atoms with Gasteiger partial charge in [0.05, 0.1) is 10.2 Å². The van der Waals surface area contributed by atoms with Crippen LogP contribution in [0.25, 0.3) is 10.2 Å². The van der Waals surface area contributed by atoms with E-state index in [2.05, 4.69) is 15.3 Å². The van der Waals surface area contributed by atoms with E-state index in [-0.39, 0.29) is 5.82 Å². The molecule has 2 heterocycles. The molecule has 0 atom stereocenters. The summed E-state index contributed by atoms with van der Waals surface area (Å²) >= 11 is 7.16. The van der Waals surface area contributed by atoms with E-state index in [0.29, 0.717) is 15.7 Å². The first-order chi connectivity index (χ1) is 10.0. The molecule has 0 fully saturated rings. The van der Waals surface area contributed by atoms with Gasteiger partial charge in [0, 0.05) is 11.2 Å². The Labute approximate surface area is 127 Å². The number of fused-ring (bicyclic) bond motifs is 1. The standard InChI is InChI=1S/C13H7ClFN3O2S/c14-6-1-2-8-9(5-6)21-13(17-8)18-11-10(15)7(12(19)20)3-4-16-11/h1-5H,(H,19,20)(H,16,17,18). The van der Waals surface area contributed by atoms with Gasteiger partial charge in [-0.2, -0.15) is 0 Å². The summed E-state index contributed by atoms with van der Waals surface area (Å²) in [6.45, 7) is 0. The van der Waals surface area contributed by atoms with Crippen molar-refractivity contribution in [3.63, 3.8) is 0 Å². The molecular weight excluding hydrogens is 317 g/mol. The fourth-order valence-electron chi connectivity index (χ4n) is 1.75. The van der Waals surface area contributed by atoms with Crippen molar-refractivity contribution in [1.29, 1.82) is 0 Å². The summed E-state index contributed by atoms with van der Waals surface area (Å²) in [7, 11) is 0. The Hall–Kier alpha value is -2.25. The lowest BCUT2D eigenvalue weighted by atomic mass is 10.2. The first kappa shape index (κ1) is 13.7. The van der Waals surface area contributed by atoms with Crippen LogP contribution in [0.3, 0.4) is 0 Å². The van der Waals surface area contributed by atoms with E-state index in [9.17, 15) is 9.18 Å². The van der Waals surface area contributed by atoms with E-state index in [1.54, 1.807) is 18.2 Å². The molecule has 0 spiro atoms. The van der Waals surface area contributed by atoms with Gasteiger partial charge in [0.1, 0.15) is 5.56 Å². The molecule has 0 bridgehead atoms. The molecule has 21 heavy (non-hydrogen) atoms. The quantitative estimate of drug-likeness (QED) is 0.764. The second kappa shape index (κ2) is 5.27. The number of thiazole rings is 1. The number of hydrogen-bond acceptors (Lipinski definition) is 5. The number of anilines is 2. The highest BCUT2D eigenvalue weighted by atomic mass is 35.5. The largest absolute Gasteiger partial charge is 0.478 e. The lowest BCUT2D eigenvalue weighted by Crippen LogP contribution is -2.05. The van der Waals surface area contributed by atoms with Gasteiger partial charge >= 0.3 is 5.97 Å². The van der Waals surface area contributed by atoms with Gasteiger partial charge in [-0.15, -0.1) is 0 Å². The number of hydrogen-bond donors (Lipinski definition) is 2. The number of aromatic carboxylic acids is 1. The number of carbonyl (C=O) groups is 1. The van der Waals surface area contributed by atoms with Gasteiger partial charge in [-0.1, -0.05) is 22.9 Å². The summed E-state index contributed by atoms with van der Waals surface area (Å²) in [5, 5.41) is 12.6. The van der Waals surface area contributed by atoms with E-state index in [4.69, 9.17) is 16.7 Å². The van der Waals surface area contributed by atoms with Crippen LogP contribution in [0, 0.1) is 5.82 Å². The molecule has 0 amide bonds. The van der Waals surface area contributed by atoms with Crippen LogP contribution < -0.4 is 5.32 Å². The SMILES string of the molecule is O=C(O)c1ccnc(Nc2nc3ccc(Cl)cc3s2)c1F. The molecule has 0 unspecified atom stereocenters. The fraction of sp³-hybridized carbons (Fsp3) is 0. The smallest absolute Gasteiger partial charge is 0.338 e. The van der Waals surface area contributed by atoms with Gasteiger partial charge in [0.2, 0.25) is 0 Å². The van der Waals surface area contributed by atoms with Crippen molar-refractivity contribution in [2.45, 2.75) is 0 Å². The normalized spacial score (nSPS) is 10.8. The molecule has 8 heteroatoms. The lowest BCUT2D eigenvalue weighted by molar-refractivity contribution is 0.0692. The topological polar surface area (TPSA) is 75.1 Å². The zero-order chi connectivity index (χ0) is 15.0. The monoisotopic (exact) mass is 323 g/mol. The Morgan fingerprint density at radius 1 is 1.38 bits per heavy atom. The molecule has 5 nitrogen and oxygen atoms in total. The van der Waals surface area contributed by atoms with Crippen molar-refractivity contribution in [2.24, 2.45) is 0 Å². The molecule has 0 aliphatic rings. The third-order valence-corrected chi connectivity index (χ3v) is 3.86. The summed E-state index contributed by atoms with van der Waals surface area (Å²) in [4.78, 5) is 18.9. The van der Waals surface area contributed by atoms with Crippen molar-refractivity contribution < 1.29 is 14.3 Å². The second-order valence-electron chi connectivity index (χ2n) is 4.08. The maximum Gasteiger partial charge on any atom is 0.338 e. The third kappa shape index (κ3) is 2.65. The highest BCUT2D eigenvalue weighted by Crippen LogP contribution is 2.30. The summed E-state index contributed by atoms with van der Waals surface area (Å²) in [5.41, 5.74) is 0.262. The van der Waals surface area contributed by atoms with Crippen molar-refractivity contribution in [1.82, 2.24) is 9.97 Å². The summed E-state index contributed by atoms with van der Waals surface area (Å²) in [6.07, 6.45) is 1.22. The first-order valence-corrected chi connectivity index (χ1v) is 6.95. The highest BCUT2D eigenvalue weighted by Gasteiger charge is 2.16. The lowest BCUT2D eigenvalue weighted by Gasteiger charge is -2.04. The number of benzene rings is 1. The van der Waals surface area contributed by atoms with Crippen LogP contribution in [0.2, 0.25) is 5.02 Å². The fourth-order valence-corrected chi connectivity index (χ4v) is 2.89. The minimum atomic E-state index is -1.35. The summed E-state index contributed by atoms with van der Waals surface area (Å²) in [5.74, 6) is -2.46. The highest BCUT2D eigenvalue weighted by molar-refractivity contribution is 7.22. The molecule has 2 N–H and O–H groups in total. The van der Waals surface area contributed by atoms with E-state index < -0.39 is 17.3 Å². The Morgan fingerprint density at radius 2 is 2.19 bits per heavy atom. The van der Waals surface area contributed by atoms with E-state index in [0.717, 1.165) is 10.8 Å². The van der Waals surface area contributed by atoms with Crippen molar-refractivity contribution in [3.8, 4) is 0 Å². The van der Waals surface area contributed by atoms with Crippen LogP contribution >= 0.6 is 22.9 Å². The number of halogens is 2. The predicted molar refractivity (Wildman–Crippen MR) is 79.1 cm³/mol. The zero-order valence-electron chi connectivity index (χ0n) is 10.3. The van der Waals surface area contributed by atoms with Gasteiger partial charge in [0.25, 0.3) is 0 Å². The van der Waals surface area contributed by atoms with E-state index in [1.165, 1.54) is 17.5 Å². The maximum absolute atomic E-state index is 14.0. The molecule has 1 aromatic carbocycles. The zero-order valence-corrected chi connectivity index (χ0v) is 11.9. The van der Waals surface area contributed by atoms with Crippen LogP contribution in [-0.2, 0) is 0 Å². The average molecular weight is 324 g/mol. The van der Waals surface area contributed by atoms with Crippen molar-refractivity contribution in [2.75, 3.05) is 5.32 Å². The number of pyridine rings is 1. The third-order valence-electron chi connectivity index (χ3n) is 2.70. The second-order valence-corrected chi connectivity index (χ2v) is 5.55. The van der Waals surface area contributed by atoms with Crippen LogP contribution in [0.4, 0.5) is 15.3 Å². The summed E-state index contributed by atoms with van der Waals surface area (Å²) < 4.78 is 14.8. The van der Waals surface area contributed by atoms with Gasteiger partial charge in [-0.3, -0.25) is 0 Å². The first-order valence-electron chi connectivity index (χ1n) is 5.75. The number of rotatable bonds is 3. The number of carboxylic acid groups (broad SMARTS) is 1. The minimum Gasteiger partial charge on any atom is -0.478 e. The van der Waals surface area contributed by atoms with Gasteiger partial charge in [-0.05, 0) is 24.3 Å². The van der Waals surface area contributed by atoms with Gasteiger partial charge in [-0.25, -0.2) is 19.2 Å². The maximum atomic E-state index is 14.0. The number of aromatic nitrogens is 2. The molecule has 0 saturated carbocycles. The molecule has 0 saturated heterocycles. The van der Waals surface area contributed by atoms with Crippen LogP contribution in [-0.4, -0.2) is 21.0 Å². The predicted octanol–water partition coefficient (Wildman–Crippen LogP) is 3.93. The molecule has 2 aromatic heterocycles. The molecule has 0 aliphatic carbocycles. The van der Waals surface area contributed by atoms with E-state index >= 15 is 0 Å². The Bertz CT molecular complexity index is 853. The summed E-state index contributed by atoms with van der Waals surface area (Å²) in [6, 6.07) is 6.30. The number of nitrogens with one attached hydrogen (secondary N) is 1. The van der Waals surface area contributed by atoms with Crippen molar-refractivity contribution >= 4 is 50.1 Å². The Balaban J connectivity index is 1.98. The van der Waals surface area contributed by atoms with Gasteiger partial charge < -0.3 is 10.4 Å². The molecule has 0 aliphatic heterocycles. The Kier molecular flexibility index (Phi) is 3.44. The van der Waals surface area contributed by atoms with Crippen molar-refractivity contribution in [3.05, 3.63) is 46.9 Å². The van der Waals surface area contributed by atoms with Crippen LogP contribution in [0.5, 0.6) is 0 Å². The Morgan fingerprint density at radius 3 is 2.95 bits per heavy atom. The van der Waals surface area contributed by atoms with E-state index in [1.807, 2.05) is 0 Å². The number of carboxylic acids is 1. The molecule has 3 rings (SSSR count).